The van der Waals surface area contributed by atoms with Crippen LogP contribution in [0.5, 0.6) is 0 Å². The highest BCUT2D eigenvalue weighted by Gasteiger charge is 2.31. The first-order valence-corrected chi connectivity index (χ1v) is 7.89. The van der Waals surface area contributed by atoms with Crippen LogP contribution in [-0.4, -0.2) is 31.9 Å². The molecule has 1 atom stereocenters. The molecule has 1 aromatic carbocycles. The fourth-order valence-corrected chi connectivity index (χ4v) is 4.39. The monoisotopic (exact) mass is 302 g/mol. The van der Waals surface area contributed by atoms with Gasteiger partial charge in [-0.3, -0.25) is 0 Å². The molecule has 2 N–H and O–H groups in total. The zero-order valence-electron chi connectivity index (χ0n) is 10.7. The molecule has 0 unspecified atom stereocenters. The first kappa shape index (κ1) is 14.8. The van der Waals surface area contributed by atoms with E-state index in [1.54, 1.807) is 6.07 Å². The number of rotatable bonds is 2. The molecule has 1 aliphatic carbocycles. The molecule has 6 heteroatoms. The van der Waals surface area contributed by atoms with E-state index in [0.29, 0.717) is 18.0 Å². The number of hydrogen-bond acceptors (Lipinski definition) is 3. The van der Waals surface area contributed by atoms with Gasteiger partial charge in [0.25, 0.3) is 0 Å². The van der Waals surface area contributed by atoms with Crippen molar-refractivity contribution < 1.29 is 8.42 Å². The first-order chi connectivity index (χ1) is 8.57. The van der Waals surface area contributed by atoms with E-state index in [0.717, 1.165) is 25.7 Å². The Balaban J connectivity index is 0.00000133. The van der Waals surface area contributed by atoms with E-state index < -0.39 is 10.0 Å². The van der Waals surface area contributed by atoms with E-state index in [-0.39, 0.29) is 18.4 Å². The van der Waals surface area contributed by atoms with Gasteiger partial charge in [-0.1, -0.05) is 6.07 Å². The molecule has 1 fully saturated rings. The molecule has 0 aromatic heterocycles. The Morgan fingerprint density at radius 1 is 1.21 bits per heavy atom. The SMILES string of the molecule is Cl.N[C@@H]1CCN(S(=O)(=O)c2ccc3c(c2)CCC3)C1. The van der Waals surface area contributed by atoms with E-state index in [1.807, 2.05) is 12.1 Å². The lowest BCUT2D eigenvalue weighted by Crippen LogP contribution is -2.32. The highest BCUT2D eigenvalue weighted by atomic mass is 35.5. The number of aryl methyl sites for hydroxylation is 2. The zero-order chi connectivity index (χ0) is 12.8. The molecule has 106 valence electrons. The molecular weight excluding hydrogens is 284 g/mol. The van der Waals surface area contributed by atoms with Crippen LogP contribution in [0, 0.1) is 0 Å². The molecule has 0 bridgehead atoms. The lowest BCUT2D eigenvalue weighted by molar-refractivity contribution is 0.472. The molecule has 4 nitrogen and oxygen atoms in total. The Hall–Kier alpha value is -0.620. The Labute approximate surface area is 120 Å². The summed E-state index contributed by atoms with van der Waals surface area (Å²) in [5.74, 6) is 0. The van der Waals surface area contributed by atoms with Crippen molar-refractivity contribution in [1.29, 1.82) is 0 Å². The Morgan fingerprint density at radius 2 is 1.95 bits per heavy atom. The minimum atomic E-state index is -3.34. The molecule has 19 heavy (non-hydrogen) atoms. The summed E-state index contributed by atoms with van der Waals surface area (Å²) in [5.41, 5.74) is 8.28. The molecule has 1 aromatic rings. The Bertz CT molecular complexity index is 574. The fourth-order valence-electron chi connectivity index (χ4n) is 2.83. The second kappa shape index (κ2) is 5.40. The van der Waals surface area contributed by atoms with Crippen LogP contribution in [-0.2, 0) is 22.9 Å². The normalized spacial score (nSPS) is 23.1. The summed E-state index contributed by atoms with van der Waals surface area (Å²) in [4.78, 5) is 0.428. The minimum Gasteiger partial charge on any atom is -0.326 e. The highest BCUT2D eigenvalue weighted by molar-refractivity contribution is 7.89. The van der Waals surface area contributed by atoms with Crippen molar-refractivity contribution in [2.75, 3.05) is 13.1 Å². The van der Waals surface area contributed by atoms with E-state index in [2.05, 4.69) is 0 Å². The summed E-state index contributed by atoms with van der Waals surface area (Å²) in [6, 6.07) is 5.53. The summed E-state index contributed by atoms with van der Waals surface area (Å²) in [7, 11) is -3.34. The predicted octanol–water partition coefficient (Wildman–Crippen LogP) is 1.32. The van der Waals surface area contributed by atoms with Crippen LogP contribution >= 0.6 is 12.4 Å². The van der Waals surface area contributed by atoms with Gasteiger partial charge in [0.1, 0.15) is 0 Å². The molecular formula is C13H19ClN2O2S. The summed E-state index contributed by atoms with van der Waals surface area (Å²) < 4.78 is 26.4. The van der Waals surface area contributed by atoms with E-state index >= 15 is 0 Å². The average molecular weight is 303 g/mol. The standard InChI is InChI=1S/C13H18N2O2S.ClH/c14-12-6-7-15(9-12)18(16,17)13-5-4-10-2-1-3-11(10)8-13;/h4-5,8,12H,1-3,6-7,9,14H2;1H/t12-;/m1./s1. The Kier molecular flexibility index (Phi) is 4.20. The van der Waals surface area contributed by atoms with Crippen LogP contribution in [0.15, 0.2) is 23.1 Å². The molecule has 1 aliphatic heterocycles. The third-order valence-electron chi connectivity index (χ3n) is 3.90. The smallest absolute Gasteiger partial charge is 0.243 e. The summed E-state index contributed by atoms with van der Waals surface area (Å²) in [6.45, 7) is 0.986. The number of halogens is 1. The van der Waals surface area contributed by atoms with Crippen molar-refractivity contribution in [3.8, 4) is 0 Å². The highest BCUT2D eigenvalue weighted by Crippen LogP contribution is 2.27. The van der Waals surface area contributed by atoms with Gasteiger partial charge in [-0.05, 0) is 48.9 Å². The van der Waals surface area contributed by atoms with Gasteiger partial charge in [0.05, 0.1) is 4.90 Å². The lowest BCUT2D eigenvalue weighted by atomic mass is 10.1. The van der Waals surface area contributed by atoms with Gasteiger partial charge >= 0.3 is 0 Å². The topological polar surface area (TPSA) is 63.4 Å². The van der Waals surface area contributed by atoms with Crippen molar-refractivity contribution >= 4 is 22.4 Å². The maximum Gasteiger partial charge on any atom is 0.243 e. The molecule has 3 rings (SSSR count). The zero-order valence-corrected chi connectivity index (χ0v) is 12.3. The Morgan fingerprint density at radius 3 is 2.63 bits per heavy atom. The third-order valence-corrected chi connectivity index (χ3v) is 5.76. The average Bonchev–Trinajstić information content (AvgIpc) is 2.96. The molecule has 0 saturated carbocycles. The number of nitrogens with two attached hydrogens (primary N) is 1. The lowest BCUT2D eigenvalue weighted by Gasteiger charge is -2.16. The van der Waals surface area contributed by atoms with Gasteiger partial charge < -0.3 is 5.73 Å². The molecule has 0 spiro atoms. The molecule has 1 heterocycles. The minimum absolute atomic E-state index is 0. The van der Waals surface area contributed by atoms with Gasteiger partial charge in [-0.15, -0.1) is 12.4 Å². The molecule has 2 aliphatic rings. The van der Waals surface area contributed by atoms with E-state index in [9.17, 15) is 8.42 Å². The van der Waals surface area contributed by atoms with Gasteiger partial charge in [-0.25, -0.2) is 8.42 Å². The predicted molar refractivity (Wildman–Crippen MR) is 77.1 cm³/mol. The van der Waals surface area contributed by atoms with Crippen molar-refractivity contribution in [3.05, 3.63) is 29.3 Å². The van der Waals surface area contributed by atoms with Crippen LogP contribution in [0.4, 0.5) is 0 Å². The number of nitrogens with zero attached hydrogens (tertiary/aromatic N) is 1. The molecule has 0 radical (unpaired) electrons. The fraction of sp³-hybridized carbons (Fsp3) is 0.538. The first-order valence-electron chi connectivity index (χ1n) is 6.45. The molecule has 1 saturated heterocycles. The van der Waals surface area contributed by atoms with Crippen molar-refractivity contribution in [2.24, 2.45) is 5.73 Å². The van der Waals surface area contributed by atoms with Crippen molar-refractivity contribution in [3.63, 3.8) is 0 Å². The van der Waals surface area contributed by atoms with E-state index in [1.165, 1.54) is 15.4 Å². The van der Waals surface area contributed by atoms with Gasteiger partial charge in [0.2, 0.25) is 10.0 Å². The number of sulfonamides is 1. The second-order valence-corrected chi connectivity index (χ2v) is 7.13. The maximum absolute atomic E-state index is 12.5. The van der Waals surface area contributed by atoms with Crippen LogP contribution < -0.4 is 5.73 Å². The largest absolute Gasteiger partial charge is 0.326 e. The van der Waals surface area contributed by atoms with Crippen molar-refractivity contribution in [1.82, 2.24) is 4.31 Å². The van der Waals surface area contributed by atoms with E-state index in [4.69, 9.17) is 5.73 Å². The van der Waals surface area contributed by atoms with Crippen LogP contribution in [0.3, 0.4) is 0 Å². The second-order valence-electron chi connectivity index (χ2n) is 5.20. The third kappa shape index (κ3) is 2.65. The van der Waals surface area contributed by atoms with Crippen LogP contribution in [0.2, 0.25) is 0 Å². The summed E-state index contributed by atoms with van der Waals surface area (Å²) >= 11 is 0. The molecule has 0 amide bonds. The van der Waals surface area contributed by atoms with Gasteiger partial charge in [0.15, 0.2) is 0 Å². The number of benzene rings is 1. The van der Waals surface area contributed by atoms with Gasteiger partial charge in [0, 0.05) is 19.1 Å². The van der Waals surface area contributed by atoms with Crippen LogP contribution in [0.1, 0.15) is 24.0 Å². The number of fused-ring (bicyclic) bond motifs is 1. The van der Waals surface area contributed by atoms with Crippen LogP contribution in [0.25, 0.3) is 0 Å². The maximum atomic E-state index is 12.5. The van der Waals surface area contributed by atoms with Gasteiger partial charge in [-0.2, -0.15) is 4.31 Å². The quantitative estimate of drug-likeness (QED) is 0.896. The van der Waals surface area contributed by atoms with Crippen molar-refractivity contribution in [2.45, 2.75) is 36.6 Å². The summed E-state index contributed by atoms with van der Waals surface area (Å²) in [5, 5.41) is 0. The number of hydrogen-bond donors (Lipinski definition) is 1. The summed E-state index contributed by atoms with van der Waals surface area (Å²) in [6.07, 6.45) is 3.96.